The fourth-order valence-electron chi connectivity index (χ4n) is 0.832. The summed E-state index contributed by atoms with van der Waals surface area (Å²) in [7, 11) is 0. The molecule has 0 spiro atoms. The van der Waals surface area contributed by atoms with Crippen LogP contribution >= 0.6 is 34.2 Å². The molecule has 0 saturated heterocycles. The Labute approximate surface area is 79.4 Å². The van der Waals surface area contributed by atoms with Crippen LogP contribution in [0.15, 0.2) is 0 Å². The third kappa shape index (κ3) is 1.26. The predicted molar refractivity (Wildman–Crippen MR) is 41.8 cm³/mol. The summed E-state index contributed by atoms with van der Waals surface area (Å²) < 4.78 is 35.6. The van der Waals surface area contributed by atoms with E-state index in [4.69, 9.17) is 11.6 Å². The number of hydrogen-bond donors (Lipinski definition) is 0. The van der Waals surface area contributed by atoms with E-state index in [-0.39, 0.29) is 6.42 Å². The van der Waals surface area contributed by atoms with Crippen LogP contribution in [0.3, 0.4) is 0 Å². The smallest absolute Gasteiger partial charge is 0.280 e. The first-order valence-electron chi connectivity index (χ1n) is 2.73. The highest BCUT2D eigenvalue weighted by atomic mass is 127. The highest BCUT2D eigenvalue weighted by molar-refractivity contribution is 14.1. The zero-order valence-electron chi connectivity index (χ0n) is 5.08. The summed E-state index contributed by atoms with van der Waals surface area (Å²) >= 11 is 6.43. The zero-order chi connectivity index (χ0) is 8.86. The van der Waals surface area contributed by atoms with Crippen LogP contribution in [0.4, 0.5) is 13.2 Å². The summed E-state index contributed by atoms with van der Waals surface area (Å²) in [4.78, 5) is 10.4. The summed E-state index contributed by atoms with van der Waals surface area (Å²) in [5.74, 6) is 0. The number of carbonyl (C=O) groups excluding carboxylic acids is 1. The van der Waals surface area contributed by atoms with Crippen molar-refractivity contribution in [3.63, 3.8) is 0 Å². The summed E-state index contributed by atoms with van der Waals surface area (Å²) in [6, 6.07) is 0. The molecule has 0 radical (unpaired) electrons. The molecule has 1 saturated carbocycles. The van der Waals surface area contributed by atoms with Crippen LogP contribution in [-0.2, 0) is 4.79 Å². The van der Waals surface area contributed by atoms with Crippen molar-refractivity contribution in [2.75, 3.05) is 0 Å². The van der Waals surface area contributed by atoms with E-state index >= 15 is 0 Å². The molecule has 1 nitrogen and oxygen atoms in total. The summed E-state index contributed by atoms with van der Waals surface area (Å²) in [6.07, 6.45) is -4.67. The van der Waals surface area contributed by atoms with Gasteiger partial charge in [-0.25, -0.2) is 0 Å². The van der Waals surface area contributed by atoms with Gasteiger partial charge in [-0.15, -0.1) is 0 Å². The first kappa shape index (κ1) is 9.57. The number of halogens is 5. The van der Waals surface area contributed by atoms with Gasteiger partial charge in [0, 0.05) is 3.92 Å². The van der Waals surface area contributed by atoms with E-state index in [1.54, 1.807) is 22.6 Å². The van der Waals surface area contributed by atoms with Crippen molar-refractivity contribution in [3.05, 3.63) is 0 Å². The molecule has 1 fully saturated rings. The Morgan fingerprint density at radius 2 is 2.00 bits per heavy atom. The van der Waals surface area contributed by atoms with Gasteiger partial charge in [0.15, 0.2) is 5.41 Å². The molecule has 11 heavy (non-hydrogen) atoms. The summed E-state index contributed by atoms with van der Waals surface area (Å²) in [5, 5.41) is -1.29. The molecule has 2 unspecified atom stereocenters. The third-order valence-corrected chi connectivity index (χ3v) is 3.57. The molecule has 0 amide bonds. The van der Waals surface area contributed by atoms with E-state index in [2.05, 4.69) is 0 Å². The van der Waals surface area contributed by atoms with E-state index in [1.165, 1.54) is 0 Å². The van der Waals surface area contributed by atoms with Crippen molar-refractivity contribution >= 4 is 39.4 Å². The topological polar surface area (TPSA) is 17.1 Å². The van der Waals surface area contributed by atoms with Gasteiger partial charge in [0.25, 0.3) is 0 Å². The van der Waals surface area contributed by atoms with Gasteiger partial charge in [-0.3, -0.25) is 4.79 Å². The van der Waals surface area contributed by atoms with Gasteiger partial charge in [0.05, 0.1) is 0 Å². The second-order valence-corrected chi connectivity index (χ2v) is 4.26. The van der Waals surface area contributed by atoms with Crippen molar-refractivity contribution in [2.45, 2.75) is 16.5 Å². The van der Waals surface area contributed by atoms with Crippen LogP contribution in [0, 0.1) is 5.41 Å². The number of carbonyl (C=O) groups is 1. The molecule has 0 N–H and O–H groups in total. The van der Waals surface area contributed by atoms with Gasteiger partial charge >= 0.3 is 6.18 Å². The Bertz CT molecular complexity index is 204. The lowest BCUT2D eigenvalue weighted by Gasteiger charge is -2.14. The van der Waals surface area contributed by atoms with Crippen molar-refractivity contribution in [1.29, 1.82) is 0 Å². The van der Waals surface area contributed by atoms with Crippen LogP contribution in [0.25, 0.3) is 0 Å². The largest absolute Gasteiger partial charge is 0.403 e. The second-order valence-electron chi connectivity index (χ2n) is 2.41. The molecule has 0 aromatic carbocycles. The molecular weight excluding hydrogens is 295 g/mol. The van der Waals surface area contributed by atoms with E-state index in [0.29, 0.717) is 0 Å². The molecule has 1 aliphatic carbocycles. The quantitative estimate of drug-likeness (QED) is 0.413. The third-order valence-electron chi connectivity index (χ3n) is 1.73. The fraction of sp³-hybridized carbons (Fsp3) is 0.800. The Hall–Kier alpha value is 0.480. The molecule has 1 rings (SSSR count). The van der Waals surface area contributed by atoms with Crippen LogP contribution in [0.2, 0.25) is 0 Å². The lowest BCUT2D eigenvalue weighted by molar-refractivity contribution is -0.185. The highest BCUT2D eigenvalue weighted by Crippen LogP contribution is 2.62. The Morgan fingerprint density at radius 1 is 1.64 bits per heavy atom. The maximum atomic E-state index is 12.1. The zero-order valence-corrected chi connectivity index (χ0v) is 8.00. The van der Waals surface area contributed by atoms with Gasteiger partial charge in [0.2, 0.25) is 5.24 Å². The van der Waals surface area contributed by atoms with Gasteiger partial charge in [0.1, 0.15) is 0 Å². The summed E-state index contributed by atoms with van der Waals surface area (Å²) in [6.45, 7) is 0. The van der Waals surface area contributed by atoms with Crippen molar-refractivity contribution in [3.8, 4) is 0 Å². The number of alkyl halides is 4. The molecule has 0 heterocycles. The Balaban J connectivity index is 2.89. The van der Waals surface area contributed by atoms with E-state index in [9.17, 15) is 18.0 Å². The predicted octanol–water partition coefficient (Wildman–Crippen LogP) is 2.51. The average Bonchev–Trinajstić information content (AvgIpc) is 2.39. The monoisotopic (exact) mass is 298 g/mol. The molecule has 0 bridgehead atoms. The fourth-order valence-corrected chi connectivity index (χ4v) is 2.66. The molecule has 1 aliphatic rings. The first-order chi connectivity index (χ1) is 4.82. The van der Waals surface area contributed by atoms with E-state index < -0.39 is 20.8 Å². The lowest BCUT2D eigenvalue weighted by atomic mass is 10.1. The van der Waals surface area contributed by atoms with Crippen LogP contribution in [0.5, 0.6) is 0 Å². The van der Waals surface area contributed by atoms with Gasteiger partial charge in [-0.2, -0.15) is 13.2 Å². The maximum Gasteiger partial charge on any atom is 0.403 e. The van der Waals surface area contributed by atoms with Crippen LogP contribution in [0.1, 0.15) is 6.42 Å². The molecule has 64 valence electrons. The molecule has 6 heteroatoms. The van der Waals surface area contributed by atoms with Crippen molar-refractivity contribution in [2.24, 2.45) is 5.41 Å². The Kier molecular flexibility index (Phi) is 2.16. The number of hydrogen-bond acceptors (Lipinski definition) is 1. The average molecular weight is 298 g/mol. The molecule has 2 atom stereocenters. The standard InChI is InChI=1S/C5H3ClF3IO/c6-3(11)4(1-2(4)10)5(7,8)9/h2H,1H2. The van der Waals surface area contributed by atoms with E-state index in [0.717, 1.165) is 0 Å². The normalized spacial score (nSPS) is 37.0. The minimum atomic E-state index is -4.49. The number of rotatable bonds is 1. The Morgan fingerprint density at radius 3 is 2.00 bits per heavy atom. The lowest BCUT2D eigenvalue weighted by Crippen LogP contribution is -2.32. The minimum Gasteiger partial charge on any atom is -0.280 e. The molecular formula is C5H3ClF3IO. The van der Waals surface area contributed by atoms with Crippen LogP contribution in [-0.4, -0.2) is 15.3 Å². The van der Waals surface area contributed by atoms with Crippen molar-refractivity contribution < 1.29 is 18.0 Å². The van der Waals surface area contributed by atoms with Gasteiger partial charge in [-0.05, 0) is 18.0 Å². The summed E-state index contributed by atoms with van der Waals surface area (Å²) in [5.41, 5.74) is -2.24. The SMILES string of the molecule is O=C(Cl)C1(C(F)(F)F)CC1I. The maximum absolute atomic E-state index is 12.1. The van der Waals surface area contributed by atoms with Gasteiger partial charge < -0.3 is 0 Å². The van der Waals surface area contributed by atoms with Crippen LogP contribution < -0.4 is 0 Å². The van der Waals surface area contributed by atoms with E-state index in [1.807, 2.05) is 0 Å². The first-order valence-corrected chi connectivity index (χ1v) is 4.35. The van der Waals surface area contributed by atoms with Crippen molar-refractivity contribution in [1.82, 2.24) is 0 Å². The molecule has 0 aliphatic heterocycles. The second kappa shape index (κ2) is 2.48. The highest BCUT2D eigenvalue weighted by Gasteiger charge is 2.74. The minimum absolute atomic E-state index is 0.181. The van der Waals surface area contributed by atoms with Gasteiger partial charge in [-0.1, -0.05) is 22.6 Å². The molecule has 0 aromatic rings. The molecule has 0 aromatic heterocycles.